The third-order valence-electron chi connectivity index (χ3n) is 14.1. The van der Waals surface area contributed by atoms with Gasteiger partial charge in [-0.3, -0.25) is 14.4 Å². The van der Waals surface area contributed by atoms with Gasteiger partial charge in [0.05, 0.1) is 0 Å². The Morgan fingerprint density at radius 3 is 0.792 bits per heavy atom. The van der Waals surface area contributed by atoms with Gasteiger partial charge >= 0.3 is 17.9 Å². The number of hydrogen-bond donors (Lipinski definition) is 0. The third kappa shape index (κ3) is 58.3. The highest BCUT2D eigenvalue weighted by Gasteiger charge is 2.19. The van der Waals surface area contributed by atoms with Crippen molar-refractivity contribution >= 4 is 17.9 Å². The van der Waals surface area contributed by atoms with Crippen molar-refractivity contribution < 1.29 is 28.6 Å². The molecule has 0 rings (SSSR count). The molecule has 0 aliphatic heterocycles. The minimum atomic E-state index is -0.775. The van der Waals surface area contributed by atoms with E-state index in [0.717, 1.165) is 70.6 Å². The summed E-state index contributed by atoms with van der Waals surface area (Å²) in [6.45, 7) is 6.66. The summed E-state index contributed by atoms with van der Waals surface area (Å²) in [6.07, 6.45) is 75.4. The molecule has 0 bridgehead atoms. The van der Waals surface area contributed by atoms with Crippen molar-refractivity contribution in [1.29, 1.82) is 0 Å². The molecule has 0 fully saturated rings. The Morgan fingerprint density at radius 1 is 0.278 bits per heavy atom. The highest BCUT2D eigenvalue weighted by Crippen LogP contribution is 2.16. The van der Waals surface area contributed by atoms with Crippen molar-refractivity contribution in [3.63, 3.8) is 0 Å². The Morgan fingerprint density at radius 2 is 0.500 bits per heavy atom. The van der Waals surface area contributed by atoms with Crippen LogP contribution in [0, 0.1) is 0 Å². The number of unbranched alkanes of at least 4 members (excludes halogenated alkanes) is 39. The zero-order chi connectivity index (χ0) is 52.2. The minimum absolute atomic E-state index is 0.0725. The van der Waals surface area contributed by atoms with Crippen molar-refractivity contribution in [3.8, 4) is 0 Å². The predicted molar refractivity (Wildman–Crippen MR) is 312 cm³/mol. The highest BCUT2D eigenvalue weighted by atomic mass is 16.6. The number of ether oxygens (including phenoxy) is 3. The van der Waals surface area contributed by atoms with Gasteiger partial charge in [-0.05, 0) is 83.5 Å². The Labute approximate surface area is 448 Å². The van der Waals surface area contributed by atoms with Crippen molar-refractivity contribution in [2.45, 2.75) is 341 Å². The summed E-state index contributed by atoms with van der Waals surface area (Å²) in [4.78, 5) is 38.2. The number of rotatable bonds is 58. The molecule has 0 radical (unpaired) electrons. The van der Waals surface area contributed by atoms with E-state index in [2.05, 4.69) is 69.4 Å². The van der Waals surface area contributed by atoms with Gasteiger partial charge in [0.2, 0.25) is 0 Å². The fraction of sp³-hybridized carbons (Fsp3) is 0.833. The van der Waals surface area contributed by atoms with Gasteiger partial charge in [0.1, 0.15) is 13.2 Å². The first-order valence-corrected chi connectivity index (χ1v) is 31.6. The van der Waals surface area contributed by atoms with Crippen molar-refractivity contribution in [2.75, 3.05) is 13.2 Å². The lowest BCUT2D eigenvalue weighted by molar-refractivity contribution is -0.167. The summed E-state index contributed by atoms with van der Waals surface area (Å²) in [5, 5.41) is 0. The molecule has 0 spiro atoms. The quantitative estimate of drug-likeness (QED) is 0.0261. The fourth-order valence-corrected chi connectivity index (χ4v) is 9.27. The molecule has 0 aliphatic carbocycles. The minimum Gasteiger partial charge on any atom is -0.462 e. The zero-order valence-corrected chi connectivity index (χ0v) is 48.2. The Kier molecular flexibility index (Phi) is 58.7. The fourth-order valence-electron chi connectivity index (χ4n) is 9.27. The second-order valence-electron chi connectivity index (χ2n) is 21.3. The van der Waals surface area contributed by atoms with Gasteiger partial charge in [-0.15, -0.1) is 0 Å². The van der Waals surface area contributed by atoms with E-state index in [0.29, 0.717) is 19.3 Å². The molecule has 0 aliphatic rings. The molecule has 0 aromatic heterocycles. The van der Waals surface area contributed by atoms with Gasteiger partial charge in [0.15, 0.2) is 6.10 Å². The normalized spacial score (nSPS) is 12.3. The predicted octanol–water partition coefficient (Wildman–Crippen LogP) is 21.4. The van der Waals surface area contributed by atoms with E-state index < -0.39 is 6.10 Å². The second-order valence-corrected chi connectivity index (χ2v) is 21.3. The molecule has 0 heterocycles. The van der Waals surface area contributed by atoms with E-state index in [-0.39, 0.29) is 31.1 Å². The van der Waals surface area contributed by atoms with Gasteiger partial charge in [-0.25, -0.2) is 0 Å². The van der Waals surface area contributed by atoms with Gasteiger partial charge < -0.3 is 14.2 Å². The number of esters is 3. The number of carbonyl (C=O) groups is 3. The Bertz CT molecular complexity index is 1250. The molecule has 0 N–H and O–H groups in total. The van der Waals surface area contributed by atoms with E-state index in [4.69, 9.17) is 14.2 Å². The highest BCUT2D eigenvalue weighted by molar-refractivity contribution is 5.71. The molecule has 1 atom stereocenters. The van der Waals surface area contributed by atoms with Gasteiger partial charge in [0.25, 0.3) is 0 Å². The van der Waals surface area contributed by atoms with Gasteiger partial charge in [-0.2, -0.15) is 0 Å². The lowest BCUT2D eigenvalue weighted by Crippen LogP contribution is -2.30. The van der Waals surface area contributed by atoms with Crippen LogP contribution in [0.4, 0.5) is 0 Å². The molecule has 0 aromatic rings. The largest absolute Gasteiger partial charge is 0.462 e. The van der Waals surface area contributed by atoms with Gasteiger partial charge in [0, 0.05) is 19.3 Å². The van der Waals surface area contributed by atoms with Gasteiger partial charge in [-0.1, -0.05) is 281 Å². The molecule has 0 amide bonds. The summed E-state index contributed by atoms with van der Waals surface area (Å²) in [7, 11) is 0. The molecular weight excluding hydrogens is 889 g/mol. The van der Waals surface area contributed by atoms with Crippen LogP contribution in [0.15, 0.2) is 48.6 Å². The lowest BCUT2D eigenvalue weighted by atomic mass is 10.0. The first-order chi connectivity index (χ1) is 35.5. The van der Waals surface area contributed by atoms with Crippen LogP contribution < -0.4 is 0 Å². The third-order valence-corrected chi connectivity index (χ3v) is 14.1. The number of allylic oxidation sites excluding steroid dienone is 8. The standard InChI is InChI=1S/C66H120O6/c1-4-7-10-13-16-19-22-24-26-28-30-31-32-33-34-35-36-38-39-41-44-47-50-53-56-59-65(68)71-62-63(61-70-64(67)58-55-52-49-46-43-21-18-15-12-9-6-3)72-66(69)60-57-54-51-48-45-42-40-37-29-27-25-23-20-17-14-11-8-5-2/h22,24,27-30,32-33,63H,4-21,23,25-26,31,34-62H2,1-3H3/b24-22-,29-27-,30-28-,33-32-. The van der Waals surface area contributed by atoms with E-state index in [9.17, 15) is 14.4 Å². The molecule has 72 heavy (non-hydrogen) atoms. The molecule has 6 heteroatoms. The molecular formula is C66H120O6. The van der Waals surface area contributed by atoms with Crippen molar-refractivity contribution in [1.82, 2.24) is 0 Å². The topological polar surface area (TPSA) is 78.9 Å². The Hall–Kier alpha value is -2.63. The number of hydrogen-bond acceptors (Lipinski definition) is 6. The monoisotopic (exact) mass is 1010 g/mol. The molecule has 0 saturated heterocycles. The average molecular weight is 1010 g/mol. The van der Waals surface area contributed by atoms with Crippen LogP contribution in [-0.2, 0) is 28.6 Å². The average Bonchev–Trinajstić information content (AvgIpc) is 3.38. The summed E-state index contributed by atoms with van der Waals surface area (Å²) in [6, 6.07) is 0. The summed E-state index contributed by atoms with van der Waals surface area (Å²) in [5.41, 5.74) is 0. The van der Waals surface area contributed by atoms with Crippen LogP contribution in [0.2, 0.25) is 0 Å². The van der Waals surface area contributed by atoms with Crippen LogP contribution in [-0.4, -0.2) is 37.2 Å². The smallest absolute Gasteiger partial charge is 0.306 e. The van der Waals surface area contributed by atoms with Crippen LogP contribution in [0.25, 0.3) is 0 Å². The maximum absolute atomic E-state index is 12.9. The van der Waals surface area contributed by atoms with E-state index in [1.165, 1.54) is 225 Å². The van der Waals surface area contributed by atoms with Crippen LogP contribution >= 0.6 is 0 Å². The van der Waals surface area contributed by atoms with Crippen molar-refractivity contribution in [2.24, 2.45) is 0 Å². The molecule has 0 aromatic carbocycles. The van der Waals surface area contributed by atoms with Crippen LogP contribution in [0.5, 0.6) is 0 Å². The molecule has 6 nitrogen and oxygen atoms in total. The Balaban J connectivity index is 4.26. The zero-order valence-electron chi connectivity index (χ0n) is 48.2. The summed E-state index contributed by atoms with van der Waals surface area (Å²) in [5.74, 6) is -0.864. The number of carbonyl (C=O) groups excluding carboxylic acids is 3. The first-order valence-electron chi connectivity index (χ1n) is 31.6. The van der Waals surface area contributed by atoms with Crippen LogP contribution in [0.1, 0.15) is 335 Å². The lowest BCUT2D eigenvalue weighted by Gasteiger charge is -2.18. The summed E-state index contributed by atoms with van der Waals surface area (Å²) < 4.78 is 16.9. The maximum atomic E-state index is 12.9. The first kappa shape index (κ1) is 69.4. The summed E-state index contributed by atoms with van der Waals surface area (Å²) >= 11 is 0. The molecule has 1 unspecified atom stereocenters. The molecule has 420 valence electrons. The van der Waals surface area contributed by atoms with Crippen LogP contribution in [0.3, 0.4) is 0 Å². The van der Waals surface area contributed by atoms with Crippen molar-refractivity contribution in [3.05, 3.63) is 48.6 Å². The molecule has 0 saturated carbocycles. The maximum Gasteiger partial charge on any atom is 0.306 e. The second kappa shape index (κ2) is 60.9. The van der Waals surface area contributed by atoms with E-state index in [1.54, 1.807) is 0 Å². The van der Waals surface area contributed by atoms with E-state index >= 15 is 0 Å². The SMILES string of the molecule is CCCCCCC/C=C\C/C=C\C/C=C\CCCCCCCCCCCCC(=O)OCC(COC(=O)CCCCCCCCCCCCC)OC(=O)CCCCCCCCC/C=C\CCCCCCCCC. The van der Waals surface area contributed by atoms with E-state index in [1.807, 2.05) is 0 Å².